The van der Waals surface area contributed by atoms with Crippen LogP contribution in [0.1, 0.15) is 11.4 Å². The quantitative estimate of drug-likeness (QED) is 0.701. The van der Waals surface area contributed by atoms with Gasteiger partial charge >= 0.3 is 0 Å². The molecule has 0 bridgehead atoms. The van der Waals surface area contributed by atoms with Gasteiger partial charge in [0.1, 0.15) is 0 Å². The third kappa shape index (κ3) is 2.87. The van der Waals surface area contributed by atoms with Crippen molar-refractivity contribution in [3.63, 3.8) is 0 Å². The molecule has 0 spiro atoms. The van der Waals surface area contributed by atoms with Gasteiger partial charge in [0, 0.05) is 38.4 Å². The van der Waals surface area contributed by atoms with E-state index in [9.17, 15) is 0 Å². The second kappa shape index (κ2) is 4.55. The van der Waals surface area contributed by atoms with Gasteiger partial charge in [0.05, 0.1) is 5.69 Å². The Morgan fingerprint density at radius 1 is 1.40 bits per heavy atom. The van der Waals surface area contributed by atoms with Crippen molar-refractivity contribution in [2.24, 2.45) is 0 Å². The summed E-state index contributed by atoms with van der Waals surface area (Å²) in [6.45, 7) is 7.07. The summed E-state index contributed by atoms with van der Waals surface area (Å²) in [5, 5.41) is 3.32. The third-order valence-corrected chi connectivity index (χ3v) is 2.52. The molecule has 1 aromatic heterocycles. The summed E-state index contributed by atoms with van der Waals surface area (Å²) >= 11 is 0. The van der Waals surface area contributed by atoms with Crippen LogP contribution in [0.15, 0.2) is 6.07 Å². The van der Waals surface area contributed by atoms with Gasteiger partial charge in [-0.25, -0.2) is 9.97 Å². The molecule has 0 radical (unpaired) electrons. The maximum Gasteiger partial charge on any atom is 0.220 e. The van der Waals surface area contributed by atoms with Gasteiger partial charge in [-0.2, -0.15) is 0 Å². The number of piperazine rings is 1. The molecular weight excluding hydrogens is 190 g/mol. The van der Waals surface area contributed by atoms with E-state index in [1.165, 1.54) is 0 Å². The fraction of sp³-hybridized carbons (Fsp3) is 0.600. The molecule has 82 valence electrons. The number of nitrogens with one attached hydrogen (secondary N) is 1. The Balaban J connectivity index is 2.02. The summed E-state index contributed by atoms with van der Waals surface area (Å²) < 4.78 is 0. The summed E-state index contributed by atoms with van der Waals surface area (Å²) in [4.78, 5) is 10.7. The van der Waals surface area contributed by atoms with Crippen LogP contribution in [0.5, 0.6) is 0 Å². The van der Waals surface area contributed by atoms with Crippen molar-refractivity contribution in [1.29, 1.82) is 0 Å². The molecule has 2 rings (SSSR count). The number of hydrogen-bond acceptors (Lipinski definition) is 5. The molecular formula is C10H17N5. The number of nitrogens with two attached hydrogens (primary N) is 1. The number of hydrogen-bond donors (Lipinski definition) is 2. The van der Waals surface area contributed by atoms with E-state index < -0.39 is 0 Å². The normalized spacial score (nSPS) is 17.9. The second-order valence-corrected chi connectivity index (χ2v) is 3.89. The van der Waals surface area contributed by atoms with Crippen molar-refractivity contribution in [1.82, 2.24) is 20.2 Å². The Bertz CT molecular complexity index is 312. The van der Waals surface area contributed by atoms with Crippen LogP contribution < -0.4 is 11.1 Å². The van der Waals surface area contributed by atoms with E-state index in [0.29, 0.717) is 5.95 Å². The molecule has 5 nitrogen and oxygen atoms in total. The summed E-state index contributed by atoms with van der Waals surface area (Å²) in [6, 6.07) is 2.00. The van der Waals surface area contributed by atoms with Crippen molar-refractivity contribution < 1.29 is 0 Å². The van der Waals surface area contributed by atoms with Gasteiger partial charge in [-0.1, -0.05) is 0 Å². The van der Waals surface area contributed by atoms with Crippen LogP contribution in [0.25, 0.3) is 0 Å². The van der Waals surface area contributed by atoms with Crippen LogP contribution in [-0.2, 0) is 6.54 Å². The smallest absolute Gasteiger partial charge is 0.220 e. The minimum atomic E-state index is 0.375. The molecule has 1 fully saturated rings. The summed E-state index contributed by atoms with van der Waals surface area (Å²) in [5.74, 6) is 0.375. The molecule has 2 heterocycles. The Kier molecular flexibility index (Phi) is 3.13. The van der Waals surface area contributed by atoms with E-state index in [2.05, 4.69) is 20.2 Å². The minimum Gasteiger partial charge on any atom is -0.368 e. The van der Waals surface area contributed by atoms with Crippen LogP contribution in [-0.4, -0.2) is 41.0 Å². The molecule has 0 aromatic carbocycles. The predicted octanol–water partition coefficient (Wildman–Crippen LogP) is -0.228. The maximum absolute atomic E-state index is 5.61. The minimum absolute atomic E-state index is 0.375. The van der Waals surface area contributed by atoms with E-state index in [0.717, 1.165) is 44.1 Å². The van der Waals surface area contributed by atoms with E-state index in [1.54, 1.807) is 0 Å². The zero-order valence-corrected chi connectivity index (χ0v) is 9.03. The van der Waals surface area contributed by atoms with Gasteiger partial charge < -0.3 is 11.1 Å². The van der Waals surface area contributed by atoms with Gasteiger partial charge in [-0.05, 0) is 13.0 Å². The number of rotatable bonds is 2. The fourth-order valence-electron chi connectivity index (χ4n) is 1.84. The Hall–Kier alpha value is -1.20. The first kappa shape index (κ1) is 10.3. The highest BCUT2D eigenvalue weighted by molar-refractivity contribution is 5.21. The van der Waals surface area contributed by atoms with Crippen molar-refractivity contribution in [2.75, 3.05) is 31.9 Å². The maximum atomic E-state index is 5.61. The lowest BCUT2D eigenvalue weighted by molar-refractivity contribution is 0.230. The molecule has 0 saturated carbocycles. The fourth-order valence-corrected chi connectivity index (χ4v) is 1.84. The Labute approximate surface area is 89.7 Å². The predicted molar refractivity (Wildman–Crippen MR) is 59.3 cm³/mol. The van der Waals surface area contributed by atoms with Gasteiger partial charge in [0.15, 0.2) is 0 Å². The monoisotopic (exact) mass is 207 g/mol. The van der Waals surface area contributed by atoms with Crippen LogP contribution in [0.3, 0.4) is 0 Å². The van der Waals surface area contributed by atoms with Gasteiger partial charge in [0.2, 0.25) is 5.95 Å². The molecule has 0 unspecified atom stereocenters. The number of nitrogen functional groups attached to an aromatic ring is 1. The van der Waals surface area contributed by atoms with E-state index >= 15 is 0 Å². The van der Waals surface area contributed by atoms with Gasteiger partial charge in [-0.3, -0.25) is 4.90 Å². The van der Waals surface area contributed by atoms with Gasteiger partial charge in [0.25, 0.3) is 0 Å². The lowest BCUT2D eigenvalue weighted by Crippen LogP contribution is -2.43. The number of nitrogens with zero attached hydrogens (tertiary/aromatic N) is 3. The van der Waals surface area contributed by atoms with E-state index in [1.807, 2.05) is 13.0 Å². The second-order valence-electron chi connectivity index (χ2n) is 3.89. The molecule has 0 amide bonds. The SMILES string of the molecule is Cc1cc(CN2CCNCC2)nc(N)n1. The largest absolute Gasteiger partial charge is 0.368 e. The van der Waals surface area contributed by atoms with E-state index in [-0.39, 0.29) is 0 Å². The van der Waals surface area contributed by atoms with Crippen LogP contribution in [0, 0.1) is 6.92 Å². The number of aryl methyl sites for hydroxylation is 1. The molecule has 1 aliphatic rings. The Morgan fingerprint density at radius 2 is 2.13 bits per heavy atom. The first-order valence-electron chi connectivity index (χ1n) is 5.27. The zero-order chi connectivity index (χ0) is 10.7. The lowest BCUT2D eigenvalue weighted by Gasteiger charge is -2.26. The Morgan fingerprint density at radius 3 is 2.80 bits per heavy atom. The topological polar surface area (TPSA) is 67.1 Å². The van der Waals surface area contributed by atoms with Crippen molar-refractivity contribution in [2.45, 2.75) is 13.5 Å². The molecule has 15 heavy (non-hydrogen) atoms. The summed E-state index contributed by atoms with van der Waals surface area (Å²) in [6.07, 6.45) is 0. The average Bonchev–Trinajstić information content (AvgIpc) is 2.17. The van der Waals surface area contributed by atoms with Gasteiger partial charge in [-0.15, -0.1) is 0 Å². The van der Waals surface area contributed by atoms with Crippen molar-refractivity contribution >= 4 is 5.95 Å². The highest BCUT2D eigenvalue weighted by Crippen LogP contribution is 2.06. The molecule has 1 aromatic rings. The van der Waals surface area contributed by atoms with Crippen molar-refractivity contribution in [3.05, 3.63) is 17.5 Å². The molecule has 3 N–H and O–H groups in total. The molecule has 5 heteroatoms. The van der Waals surface area contributed by atoms with E-state index in [4.69, 9.17) is 5.73 Å². The van der Waals surface area contributed by atoms with Crippen LogP contribution >= 0.6 is 0 Å². The lowest BCUT2D eigenvalue weighted by atomic mass is 10.3. The highest BCUT2D eigenvalue weighted by atomic mass is 15.2. The first-order chi connectivity index (χ1) is 7.24. The number of aromatic nitrogens is 2. The first-order valence-corrected chi connectivity index (χ1v) is 5.27. The number of anilines is 1. The highest BCUT2D eigenvalue weighted by Gasteiger charge is 2.11. The standard InChI is InChI=1S/C10H17N5/c1-8-6-9(14-10(11)13-8)7-15-4-2-12-3-5-15/h6,12H,2-5,7H2,1H3,(H2,11,13,14). The van der Waals surface area contributed by atoms with Crippen LogP contribution in [0.4, 0.5) is 5.95 Å². The average molecular weight is 207 g/mol. The summed E-state index contributed by atoms with van der Waals surface area (Å²) in [7, 11) is 0. The molecule has 1 aliphatic heterocycles. The zero-order valence-electron chi connectivity index (χ0n) is 9.03. The molecule has 1 saturated heterocycles. The van der Waals surface area contributed by atoms with Crippen LogP contribution in [0.2, 0.25) is 0 Å². The molecule has 0 atom stereocenters. The summed E-state index contributed by atoms with van der Waals surface area (Å²) in [5.41, 5.74) is 7.56. The molecule has 0 aliphatic carbocycles. The van der Waals surface area contributed by atoms with Crippen molar-refractivity contribution in [3.8, 4) is 0 Å². The third-order valence-electron chi connectivity index (χ3n) is 2.52.